The minimum atomic E-state index is -2.13. The second kappa shape index (κ2) is 9.19. The molecule has 0 saturated carbocycles. The van der Waals surface area contributed by atoms with E-state index < -0.39 is 29.0 Å². The Morgan fingerprint density at radius 3 is 2.06 bits per heavy atom. The zero-order valence-corrected chi connectivity index (χ0v) is 16.6. The number of amides is 1. The fourth-order valence-electron chi connectivity index (χ4n) is 3.08. The van der Waals surface area contributed by atoms with Crippen molar-refractivity contribution in [1.29, 1.82) is 0 Å². The summed E-state index contributed by atoms with van der Waals surface area (Å²) in [7, 11) is 0. The van der Waals surface area contributed by atoms with Crippen LogP contribution in [0.4, 0.5) is 11.4 Å². The van der Waals surface area contributed by atoms with E-state index >= 15 is 0 Å². The minimum absolute atomic E-state index is 0.0157. The smallest absolute Gasteiger partial charge is 0.348 e. The molecular weight excluding hydrogens is 400 g/mol. The number of nitrogens with one attached hydrogen (secondary N) is 1. The van der Waals surface area contributed by atoms with E-state index in [-0.39, 0.29) is 22.5 Å². The summed E-state index contributed by atoms with van der Waals surface area (Å²) < 4.78 is 5.10. The molecule has 0 bridgehead atoms. The lowest BCUT2D eigenvalue weighted by molar-refractivity contribution is -0.384. The second-order valence-electron chi connectivity index (χ2n) is 6.84. The number of nitro benzene ring substituents is 1. The molecule has 0 aliphatic heterocycles. The number of rotatable bonds is 7. The van der Waals surface area contributed by atoms with Gasteiger partial charge in [0.25, 0.3) is 11.6 Å². The third-order valence-electron chi connectivity index (χ3n) is 4.64. The van der Waals surface area contributed by atoms with Gasteiger partial charge >= 0.3 is 5.97 Å². The number of hydrogen-bond acceptors (Lipinski definition) is 6. The first-order chi connectivity index (χ1) is 14.8. The third kappa shape index (κ3) is 4.76. The van der Waals surface area contributed by atoms with E-state index in [1.807, 2.05) is 0 Å². The van der Waals surface area contributed by atoms with Gasteiger partial charge < -0.3 is 15.2 Å². The van der Waals surface area contributed by atoms with Gasteiger partial charge in [-0.2, -0.15) is 0 Å². The standard InChI is InChI=1S/C23H20N2O6/c1-16-12-13-19(20(14-16)25(29)30)24-21(26)15-31-22(27)23(28,17-8-4-2-5-9-17)18-10-6-3-7-11-18/h2-14,28H,15H2,1H3,(H,24,26). The number of ether oxygens (including phenoxy) is 1. The summed E-state index contributed by atoms with van der Waals surface area (Å²) in [6, 6.07) is 20.8. The minimum Gasteiger partial charge on any atom is -0.453 e. The van der Waals surface area contributed by atoms with Crippen molar-refractivity contribution in [3.8, 4) is 0 Å². The zero-order chi connectivity index (χ0) is 22.4. The van der Waals surface area contributed by atoms with E-state index in [9.17, 15) is 24.8 Å². The van der Waals surface area contributed by atoms with Crippen LogP contribution in [0, 0.1) is 17.0 Å². The summed E-state index contributed by atoms with van der Waals surface area (Å²) in [4.78, 5) is 35.8. The molecule has 0 spiro atoms. The van der Waals surface area contributed by atoms with Gasteiger partial charge in [-0.25, -0.2) is 4.79 Å². The molecule has 2 N–H and O–H groups in total. The number of aryl methyl sites for hydroxylation is 1. The molecule has 8 heteroatoms. The third-order valence-corrected chi connectivity index (χ3v) is 4.64. The van der Waals surface area contributed by atoms with Gasteiger partial charge in [-0.15, -0.1) is 0 Å². The first kappa shape index (κ1) is 21.7. The number of carbonyl (C=O) groups is 2. The fraction of sp³-hybridized carbons (Fsp3) is 0.130. The summed E-state index contributed by atoms with van der Waals surface area (Å²) in [5.41, 5.74) is -1.20. The van der Waals surface area contributed by atoms with E-state index in [1.165, 1.54) is 12.1 Å². The van der Waals surface area contributed by atoms with Crippen LogP contribution >= 0.6 is 0 Å². The zero-order valence-electron chi connectivity index (χ0n) is 16.6. The van der Waals surface area contributed by atoms with Crippen molar-refractivity contribution >= 4 is 23.3 Å². The number of anilines is 1. The average molecular weight is 420 g/mol. The lowest BCUT2D eigenvalue weighted by Gasteiger charge is -2.26. The van der Waals surface area contributed by atoms with Gasteiger partial charge in [0.05, 0.1) is 4.92 Å². The van der Waals surface area contributed by atoms with Crippen LogP contribution in [0.25, 0.3) is 0 Å². The number of aliphatic hydroxyl groups is 1. The number of nitrogens with zero attached hydrogens (tertiary/aromatic N) is 1. The quantitative estimate of drug-likeness (QED) is 0.344. The summed E-state index contributed by atoms with van der Waals surface area (Å²) in [5, 5.41) is 24.8. The Hall–Kier alpha value is -4.04. The fourth-order valence-corrected chi connectivity index (χ4v) is 3.08. The Kier molecular flexibility index (Phi) is 6.42. The predicted molar refractivity (Wildman–Crippen MR) is 113 cm³/mol. The van der Waals surface area contributed by atoms with Gasteiger partial charge in [-0.05, 0) is 29.7 Å². The van der Waals surface area contributed by atoms with Crippen molar-refractivity contribution < 1.29 is 24.4 Å². The molecule has 0 heterocycles. The van der Waals surface area contributed by atoms with Crippen LogP contribution in [-0.2, 0) is 19.9 Å². The molecule has 1 amide bonds. The van der Waals surface area contributed by atoms with Gasteiger partial charge in [0.2, 0.25) is 5.60 Å². The maximum atomic E-state index is 12.9. The molecule has 158 valence electrons. The van der Waals surface area contributed by atoms with Crippen molar-refractivity contribution in [2.45, 2.75) is 12.5 Å². The van der Waals surface area contributed by atoms with Gasteiger partial charge in [0.1, 0.15) is 5.69 Å². The first-order valence-corrected chi connectivity index (χ1v) is 9.38. The van der Waals surface area contributed by atoms with E-state index in [0.717, 1.165) is 0 Å². The Bertz CT molecular complexity index is 1060. The van der Waals surface area contributed by atoms with Crippen LogP contribution in [0.1, 0.15) is 16.7 Å². The van der Waals surface area contributed by atoms with E-state index in [2.05, 4.69) is 5.32 Å². The van der Waals surface area contributed by atoms with Crippen molar-refractivity contribution in [2.75, 3.05) is 11.9 Å². The van der Waals surface area contributed by atoms with Crippen LogP contribution in [0.5, 0.6) is 0 Å². The van der Waals surface area contributed by atoms with Crippen LogP contribution in [-0.4, -0.2) is 28.5 Å². The molecule has 0 aliphatic rings. The normalized spacial score (nSPS) is 10.9. The lowest BCUT2D eigenvalue weighted by Crippen LogP contribution is -2.39. The molecule has 0 aliphatic carbocycles. The Labute approximate surface area is 178 Å². The van der Waals surface area contributed by atoms with Crippen molar-refractivity contribution in [1.82, 2.24) is 0 Å². The topological polar surface area (TPSA) is 119 Å². The summed E-state index contributed by atoms with van der Waals surface area (Å²) in [6.45, 7) is 0.959. The Balaban J connectivity index is 1.78. The maximum absolute atomic E-state index is 12.9. The molecule has 3 aromatic carbocycles. The molecule has 8 nitrogen and oxygen atoms in total. The molecule has 3 aromatic rings. The number of esters is 1. The lowest BCUT2D eigenvalue weighted by atomic mass is 9.86. The molecular formula is C23H20N2O6. The summed E-state index contributed by atoms with van der Waals surface area (Å²) in [6.07, 6.45) is 0. The Morgan fingerprint density at radius 2 is 1.55 bits per heavy atom. The van der Waals surface area contributed by atoms with Gasteiger partial charge in [0.15, 0.2) is 6.61 Å². The van der Waals surface area contributed by atoms with Gasteiger partial charge in [-0.1, -0.05) is 66.7 Å². The van der Waals surface area contributed by atoms with E-state index in [0.29, 0.717) is 5.56 Å². The molecule has 0 radical (unpaired) electrons. The van der Waals surface area contributed by atoms with Crippen molar-refractivity contribution in [3.05, 3.63) is 106 Å². The first-order valence-electron chi connectivity index (χ1n) is 9.38. The van der Waals surface area contributed by atoms with Crippen LogP contribution in [0.2, 0.25) is 0 Å². The van der Waals surface area contributed by atoms with E-state index in [4.69, 9.17) is 4.74 Å². The van der Waals surface area contributed by atoms with Gasteiger partial charge in [-0.3, -0.25) is 14.9 Å². The van der Waals surface area contributed by atoms with Crippen LogP contribution in [0.3, 0.4) is 0 Å². The van der Waals surface area contributed by atoms with Crippen molar-refractivity contribution in [2.24, 2.45) is 0 Å². The second-order valence-corrected chi connectivity index (χ2v) is 6.84. The largest absolute Gasteiger partial charge is 0.453 e. The molecule has 3 rings (SSSR count). The van der Waals surface area contributed by atoms with Crippen LogP contribution < -0.4 is 5.32 Å². The number of nitro groups is 1. The highest BCUT2D eigenvalue weighted by Crippen LogP contribution is 2.31. The van der Waals surface area contributed by atoms with E-state index in [1.54, 1.807) is 73.7 Å². The van der Waals surface area contributed by atoms with Crippen LogP contribution in [0.15, 0.2) is 78.9 Å². The molecule has 0 saturated heterocycles. The highest BCUT2D eigenvalue weighted by atomic mass is 16.6. The molecule has 0 aromatic heterocycles. The number of carbonyl (C=O) groups excluding carboxylic acids is 2. The number of benzene rings is 3. The average Bonchev–Trinajstić information content (AvgIpc) is 2.79. The molecule has 0 atom stereocenters. The molecule has 0 fully saturated rings. The summed E-state index contributed by atoms with van der Waals surface area (Å²) in [5.74, 6) is -1.82. The maximum Gasteiger partial charge on any atom is 0.348 e. The molecule has 31 heavy (non-hydrogen) atoms. The monoisotopic (exact) mass is 420 g/mol. The highest BCUT2D eigenvalue weighted by Gasteiger charge is 2.41. The SMILES string of the molecule is Cc1ccc(NC(=O)COC(=O)C(O)(c2ccccc2)c2ccccc2)c([N+](=O)[O-])c1. The van der Waals surface area contributed by atoms with Crippen molar-refractivity contribution in [3.63, 3.8) is 0 Å². The Morgan fingerprint density at radius 1 is 1.00 bits per heavy atom. The molecule has 0 unspecified atom stereocenters. The number of hydrogen-bond donors (Lipinski definition) is 2. The summed E-state index contributed by atoms with van der Waals surface area (Å²) >= 11 is 0. The van der Waals surface area contributed by atoms with Gasteiger partial charge in [0, 0.05) is 6.07 Å². The highest BCUT2D eigenvalue weighted by molar-refractivity contribution is 5.96. The predicted octanol–water partition coefficient (Wildman–Crippen LogP) is 3.32.